The maximum atomic E-state index is 12.4. The molecular formula is C18H22N2O. The molecule has 2 aromatic carbocycles. The fourth-order valence-corrected chi connectivity index (χ4v) is 2.20. The Kier molecular flexibility index (Phi) is 4.99. The first kappa shape index (κ1) is 15.1. The van der Waals surface area contributed by atoms with Crippen molar-refractivity contribution in [3.05, 3.63) is 59.2 Å². The van der Waals surface area contributed by atoms with Crippen LogP contribution in [0.4, 0.5) is 11.4 Å². The van der Waals surface area contributed by atoms with Gasteiger partial charge in [0.05, 0.1) is 0 Å². The van der Waals surface area contributed by atoms with Gasteiger partial charge in [0.25, 0.3) is 5.91 Å². The molecule has 0 bridgehead atoms. The van der Waals surface area contributed by atoms with E-state index in [4.69, 9.17) is 0 Å². The van der Waals surface area contributed by atoms with Crippen LogP contribution in [-0.4, -0.2) is 12.5 Å². The van der Waals surface area contributed by atoms with Crippen molar-refractivity contribution in [2.75, 3.05) is 17.2 Å². The fourth-order valence-electron chi connectivity index (χ4n) is 2.20. The molecule has 0 unspecified atom stereocenters. The number of nitrogens with one attached hydrogen (secondary N) is 2. The van der Waals surface area contributed by atoms with E-state index < -0.39 is 0 Å². The summed E-state index contributed by atoms with van der Waals surface area (Å²) >= 11 is 0. The zero-order chi connectivity index (χ0) is 15.2. The van der Waals surface area contributed by atoms with Crippen LogP contribution in [-0.2, 0) is 0 Å². The van der Waals surface area contributed by atoms with Crippen LogP contribution >= 0.6 is 0 Å². The molecular weight excluding hydrogens is 260 g/mol. The van der Waals surface area contributed by atoms with Crippen LogP contribution in [0, 0.1) is 13.8 Å². The summed E-state index contributed by atoms with van der Waals surface area (Å²) in [6.45, 7) is 7.02. The lowest BCUT2D eigenvalue weighted by Gasteiger charge is -2.12. The largest absolute Gasteiger partial charge is 0.385 e. The van der Waals surface area contributed by atoms with Gasteiger partial charge in [-0.25, -0.2) is 0 Å². The molecule has 2 N–H and O–H groups in total. The van der Waals surface area contributed by atoms with E-state index in [-0.39, 0.29) is 5.91 Å². The number of amides is 1. The molecule has 3 heteroatoms. The summed E-state index contributed by atoms with van der Waals surface area (Å²) in [6, 6.07) is 13.6. The Morgan fingerprint density at radius 1 is 1.05 bits per heavy atom. The predicted molar refractivity (Wildman–Crippen MR) is 89.1 cm³/mol. The summed E-state index contributed by atoms with van der Waals surface area (Å²) in [7, 11) is 0. The zero-order valence-electron chi connectivity index (χ0n) is 12.9. The van der Waals surface area contributed by atoms with Gasteiger partial charge in [0.15, 0.2) is 0 Å². The molecule has 0 saturated heterocycles. The van der Waals surface area contributed by atoms with Gasteiger partial charge in [0.2, 0.25) is 0 Å². The van der Waals surface area contributed by atoms with E-state index in [2.05, 4.69) is 17.6 Å². The highest BCUT2D eigenvalue weighted by atomic mass is 16.1. The number of carbonyl (C=O) groups excluding carboxylic acids is 1. The van der Waals surface area contributed by atoms with Crippen molar-refractivity contribution in [2.45, 2.75) is 27.2 Å². The predicted octanol–water partition coefficient (Wildman–Crippen LogP) is 4.38. The first-order valence-electron chi connectivity index (χ1n) is 7.33. The molecule has 3 nitrogen and oxygen atoms in total. The van der Waals surface area contributed by atoms with E-state index in [0.717, 1.165) is 35.5 Å². The molecule has 0 spiro atoms. The minimum atomic E-state index is -0.0659. The number of hydrogen-bond acceptors (Lipinski definition) is 2. The Morgan fingerprint density at radius 3 is 2.48 bits per heavy atom. The van der Waals surface area contributed by atoms with Crippen molar-refractivity contribution < 1.29 is 4.79 Å². The highest BCUT2D eigenvalue weighted by Gasteiger charge is 2.10. The van der Waals surface area contributed by atoms with Gasteiger partial charge < -0.3 is 10.6 Å². The van der Waals surface area contributed by atoms with Crippen molar-refractivity contribution in [1.29, 1.82) is 0 Å². The molecule has 1 amide bonds. The second-order valence-electron chi connectivity index (χ2n) is 5.23. The van der Waals surface area contributed by atoms with E-state index >= 15 is 0 Å². The smallest absolute Gasteiger partial charge is 0.255 e. The van der Waals surface area contributed by atoms with Gasteiger partial charge in [-0.1, -0.05) is 25.1 Å². The highest BCUT2D eigenvalue weighted by molar-refractivity contribution is 6.05. The van der Waals surface area contributed by atoms with Crippen LogP contribution in [0.5, 0.6) is 0 Å². The van der Waals surface area contributed by atoms with Crippen molar-refractivity contribution in [3.63, 3.8) is 0 Å². The lowest BCUT2D eigenvalue weighted by molar-refractivity contribution is 0.102. The van der Waals surface area contributed by atoms with Gasteiger partial charge in [-0.2, -0.15) is 0 Å². The maximum absolute atomic E-state index is 12.4. The van der Waals surface area contributed by atoms with Gasteiger partial charge >= 0.3 is 0 Å². The number of aryl methyl sites for hydroxylation is 2. The van der Waals surface area contributed by atoms with E-state index in [1.165, 1.54) is 0 Å². The SMILES string of the molecule is CCCNc1ccc(C(=O)Nc2ccccc2C)c(C)c1. The molecule has 2 aromatic rings. The molecule has 0 radical (unpaired) electrons. The molecule has 0 aliphatic heterocycles. The van der Waals surface area contributed by atoms with Gasteiger partial charge in [0.1, 0.15) is 0 Å². The van der Waals surface area contributed by atoms with E-state index in [0.29, 0.717) is 5.56 Å². The van der Waals surface area contributed by atoms with Crippen molar-refractivity contribution in [1.82, 2.24) is 0 Å². The Labute approximate surface area is 126 Å². The third-order valence-corrected chi connectivity index (χ3v) is 3.44. The van der Waals surface area contributed by atoms with Crippen molar-refractivity contribution >= 4 is 17.3 Å². The summed E-state index contributed by atoms with van der Waals surface area (Å²) in [6.07, 6.45) is 1.08. The molecule has 2 rings (SSSR count). The average molecular weight is 282 g/mol. The van der Waals surface area contributed by atoms with E-state index in [1.54, 1.807) is 0 Å². The fraction of sp³-hybridized carbons (Fsp3) is 0.278. The summed E-state index contributed by atoms with van der Waals surface area (Å²) in [5.41, 5.74) is 4.66. The topological polar surface area (TPSA) is 41.1 Å². The Bertz CT molecular complexity index is 635. The van der Waals surface area contributed by atoms with Gasteiger partial charge in [-0.15, -0.1) is 0 Å². The van der Waals surface area contributed by atoms with Crippen LogP contribution in [0.3, 0.4) is 0 Å². The molecule has 0 saturated carbocycles. The van der Waals surface area contributed by atoms with Crippen molar-refractivity contribution in [3.8, 4) is 0 Å². The quantitative estimate of drug-likeness (QED) is 0.854. The molecule has 0 atom stereocenters. The number of anilines is 2. The number of benzene rings is 2. The summed E-state index contributed by atoms with van der Waals surface area (Å²) in [4.78, 5) is 12.4. The minimum absolute atomic E-state index is 0.0659. The molecule has 0 aliphatic carbocycles. The number of para-hydroxylation sites is 1. The van der Waals surface area contributed by atoms with Crippen LogP contribution in [0.15, 0.2) is 42.5 Å². The lowest BCUT2D eigenvalue weighted by atomic mass is 10.1. The molecule has 110 valence electrons. The normalized spacial score (nSPS) is 10.2. The first-order valence-corrected chi connectivity index (χ1v) is 7.33. The monoisotopic (exact) mass is 282 g/mol. The van der Waals surface area contributed by atoms with Crippen LogP contribution < -0.4 is 10.6 Å². The summed E-state index contributed by atoms with van der Waals surface area (Å²) in [5.74, 6) is -0.0659. The minimum Gasteiger partial charge on any atom is -0.385 e. The first-order chi connectivity index (χ1) is 10.1. The van der Waals surface area contributed by atoms with E-state index in [1.807, 2.05) is 56.3 Å². The second kappa shape index (κ2) is 6.93. The standard InChI is InChI=1S/C18H22N2O/c1-4-11-19-15-9-10-16(14(3)12-15)18(21)20-17-8-6-5-7-13(17)2/h5-10,12,19H,4,11H2,1-3H3,(H,20,21). The molecule has 0 heterocycles. The van der Waals surface area contributed by atoms with Crippen LogP contribution in [0.2, 0.25) is 0 Å². The van der Waals surface area contributed by atoms with Gasteiger partial charge in [-0.3, -0.25) is 4.79 Å². The number of hydrogen-bond donors (Lipinski definition) is 2. The maximum Gasteiger partial charge on any atom is 0.255 e. The van der Waals surface area contributed by atoms with Gasteiger partial charge in [-0.05, 0) is 55.7 Å². The second-order valence-corrected chi connectivity index (χ2v) is 5.23. The Morgan fingerprint density at radius 2 is 1.81 bits per heavy atom. The molecule has 21 heavy (non-hydrogen) atoms. The van der Waals surface area contributed by atoms with E-state index in [9.17, 15) is 4.79 Å². The number of rotatable bonds is 5. The molecule has 0 aromatic heterocycles. The van der Waals surface area contributed by atoms with Crippen molar-refractivity contribution in [2.24, 2.45) is 0 Å². The molecule has 0 fully saturated rings. The van der Waals surface area contributed by atoms with Crippen LogP contribution in [0.1, 0.15) is 34.8 Å². The summed E-state index contributed by atoms with van der Waals surface area (Å²) in [5, 5.41) is 6.30. The summed E-state index contributed by atoms with van der Waals surface area (Å²) < 4.78 is 0. The number of carbonyl (C=O) groups is 1. The Balaban J connectivity index is 2.14. The average Bonchev–Trinajstić information content (AvgIpc) is 2.47. The highest BCUT2D eigenvalue weighted by Crippen LogP contribution is 2.19. The lowest BCUT2D eigenvalue weighted by Crippen LogP contribution is -2.14. The third kappa shape index (κ3) is 3.85. The Hall–Kier alpha value is -2.29. The van der Waals surface area contributed by atoms with Crippen LogP contribution in [0.25, 0.3) is 0 Å². The third-order valence-electron chi connectivity index (χ3n) is 3.44. The molecule has 0 aliphatic rings. The zero-order valence-corrected chi connectivity index (χ0v) is 12.9. The van der Waals surface area contributed by atoms with Gasteiger partial charge in [0, 0.05) is 23.5 Å².